The van der Waals surface area contributed by atoms with Gasteiger partial charge in [0.1, 0.15) is 25.2 Å². The van der Waals surface area contributed by atoms with Crippen molar-refractivity contribution in [3.05, 3.63) is 89.4 Å². The summed E-state index contributed by atoms with van der Waals surface area (Å²) in [7, 11) is 1.61. The molecule has 0 aliphatic heterocycles. The Labute approximate surface area is 214 Å². The second-order valence-electron chi connectivity index (χ2n) is 7.94. The highest BCUT2D eigenvalue weighted by Gasteiger charge is 2.16. The summed E-state index contributed by atoms with van der Waals surface area (Å²) in [5.74, 6) is 1.41. The summed E-state index contributed by atoms with van der Waals surface area (Å²) in [6.07, 6.45) is 2.80. The van der Waals surface area contributed by atoms with Crippen molar-refractivity contribution in [3.8, 4) is 34.6 Å². The summed E-state index contributed by atoms with van der Waals surface area (Å²) in [4.78, 5) is 4.69. The molecule has 10 nitrogen and oxygen atoms in total. The molecule has 0 bridgehead atoms. The van der Waals surface area contributed by atoms with Gasteiger partial charge in [-0.2, -0.15) is 9.99 Å². The van der Waals surface area contributed by atoms with Crippen LogP contribution in [0.4, 0.5) is 0 Å². The van der Waals surface area contributed by atoms with Crippen LogP contribution in [-0.2, 0) is 27.5 Å². The first-order valence-corrected chi connectivity index (χ1v) is 11.7. The molecule has 0 aliphatic rings. The van der Waals surface area contributed by atoms with Gasteiger partial charge in [0.2, 0.25) is 0 Å². The first kappa shape index (κ1) is 25.8. The molecular formula is C27H27N5O5. The van der Waals surface area contributed by atoms with Crippen LogP contribution >= 0.6 is 0 Å². The zero-order valence-corrected chi connectivity index (χ0v) is 20.4. The van der Waals surface area contributed by atoms with Crippen molar-refractivity contribution in [1.29, 1.82) is 5.26 Å². The average Bonchev–Trinajstić information content (AvgIpc) is 3.36. The van der Waals surface area contributed by atoms with Gasteiger partial charge >= 0.3 is 0 Å². The smallest absolute Gasteiger partial charge is 0.181 e. The van der Waals surface area contributed by atoms with Gasteiger partial charge in [-0.1, -0.05) is 30.3 Å². The number of nitrogens with zero attached hydrogens (tertiary/aromatic N) is 5. The van der Waals surface area contributed by atoms with Gasteiger partial charge in [0.15, 0.2) is 24.0 Å². The Hall–Kier alpha value is -4.30. The first-order chi connectivity index (χ1) is 18.2. The maximum Gasteiger partial charge on any atom is 0.181 e. The lowest BCUT2D eigenvalue weighted by atomic mass is 10.1. The molecule has 0 N–H and O–H groups in total. The van der Waals surface area contributed by atoms with E-state index in [0.717, 1.165) is 5.56 Å². The van der Waals surface area contributed by atoms with Crippen LogP contribution in [0.1, 0.15) is 11.1 Å². The number of hydrogen-bond acceptors (Lipinski definition) is 8. The predicted molar refractivity (Wildman–Crippen MR) is 134 cm³/mol. The van der Waals surface area contributed by atoms with Crippen LogP contribution in [0.25, 0.3) is 22.8 Å². The zero-order valence-electron chi connectivity index (χ0n) is 20.4. The molecule has 0 spiro atoms. The van der Waals surface area contributed by atoms with E-state index in [1.807, 2.05) is 30.3 Å². The molecule has 0 radical (unpaired) electrons. The molecule has 4 rings (SSSR count). The predicted octanol–water partition coefficient (Wildman–Crippen LogP) is 3.33. The lowest BCUT2D eigenvalue weighted by Crippen LogP contribution is -2.23. The minimum atomic E-state index is 0.152. The van der Waals surface area contributed by atoms with Gasteiger partial charge in [-0.15, -0.1) is 5.10 Å². The third-order valence-corrected chi connectivity index (χ3v) is 5.33. The standard InChI is InChI=1S/C27H27N5O5/c1-34-13-14-35-15-16-37-25-8-7-23(17-24(25)18-28)26-29-27(22-9-11-31(33)12-10-22)32(30-26)20-36-19-21-5-3-2-4-6-21/h2-12,17H,13-16,19-20H2,1H3. The lowest BCUT2D eigenvalue weighted by Gasteiger charge is -2.09. The number of aromatic nitrogens is 4. The molecular weight excluding hydrogens is 474 g/mol. The Morgan fingerprint density at radius 1 is 0.946 bits per heavy atom. The van der Waals surface area contributed by atoms with Gasteiger partial charge in [-0.05, 0) is 23.8 Å². The number of benzene rings is 2. The highest BCUT2D eigenvalue weighted by molar-refractivity contribution is 5.64. The molecule has 2 aromatic carbocycles. The summed E-state index contributed by atoms with van der Waals surface area (Å²) in [6, 6.07) is 20.5. The van der Waals surface area contributed by atoms with Crippen LogP contribution in [0.2, 0.25) is 0 Å². The molecule has 0 amide bonds. The second-order valence-corrected chi connectivity index (χ2v) is 7.94. The molecule has 10 heteroatoms. The molecule has 37 heavy (non-hydrogen) atoms. The van der Waals surface area contributed by atoms with E-state index >= 15 is 0 Å². The Morgan fingerprint density at radius 3 is 2.49 bits per heavy atom. The average molecular weight is 502 g/mol. The van der Waals surface area contributed by atoms with Crippen molar-refractivity contribution in [2.45, 2.75) is 13.3 Å². The third-order valence-electron chi connectivity index (χ3n) is 5.33. The number of methoxy groups -OCH3 is 1. The topological polar surface area (TPSA) is 118 Å². The summed E-state index contributed by atoms with van der Waals surface area (Å²) < 4.78 is 24.3. The van der Waals surface area contributed by atoms with Crippen LogP contribution in [0.3, 0.4) is 0 Å². The minimum Gasteiger partial charge on any atom is -0.619 e. The number of hydrogen-bond donors (Lipinski definition) is 0. The fourth-order valence-electron chi connectivity index (χ4n) is 3.49. The molecule has 2 aromatic heterocycles. The van der Waals surface area contributed by atoms with Crippen LogP contribution in [0, 0.1) is 16.5 Å². The van der Waals surface area contributed by atoms with Crippen molar-refractivity contribution in [2.24, 2.45) is 0 Å². The number of ether oxygens (including phenoxy) is 4. The summed E-state index contributed by atoms with van der Waals surface area (Å²) >= 11 is 0. The van der Waals surface area contributed by atoms with Crippen molar-refractivity contribution in [3.63, 3.8) is 0 Å². The normalized spacial score (nSPS) is 10.8. The molecule has 4 aromatic rings. The van der Waals surface area contributed by atoms with Crippen LogP contribution in [-0.4, -0.2) is 48.3 Å². The number of pyridine rings is 1. The summed E-state index contributed by atoms with van der Waals surface area (Å²) in [5.41, 5.74) is 2.76. The van der Waals surface area contributed by atoms with Gasteiger partial charge in [0.05, 0.1) is 32.0 Å². The first-order valence-electron chi connectivity index (χ1n) is 11.7. The van der Waals surface area contributed by atoms with E-state index < -0.39 is 0 Å². The molecule has 0 saturated carbocycles. The molecule has 0 saturated heterocycles. The van der Waals surface area contributed by atoms with Gasteiger partial charge in [0.25, 0.3) is 0 Å². The molecule has 0 fully saturated rings. The molecule has 2 heterocycles. The van der Waals surface area contributed by atoms with E-state index in [4.69, 9.17) is 23.9 Å². The third kappa shape index (κ3) is 7.11. The van der Waals surface area contributed by atoms with Crippen LogP contribution in [0.5, 0.6) is 5.75 Å². The van der Waals surface area contributed by atoms with Gasteiger partial charge in [-0.25, -0.2) is 9.67 Å². The number of nitriles is 1. The van der Waals surface area contributed by atoms with Crippen molar-refractivity contribution in [2.75, 3.05) is 33.5 Å². The molecule has 190 valence electrons. The highest BCUT2D eigenvalue weighted by atomic mass is 16.5. The SMILES string of the molecule is COCCOCCOc1ccc(-c2nc(-c3cc[n+]([O-])cc3)n(COCc3ccccc3)n2)cc1C#N. The zero-order chi connectivity index (χ0) is 25.9. The van der Waals surface area contributed by atoms with E-state index in [2.05, 4.69) is 11.2 Å². The van der Waals surface area contributed by atoms with Gasteiger partial charge in [0, 0.05) is 30.4 Å². The Morgan fingerprint density at radius 2 is 1.73 bits per heavy atom. The Balaban J connectivity index is 1.52. The summed E-state index contributed by atoms with van der Waals surface area (Å²) in [5, 5.41) is 25.8. The van der Waals surface area contributed by atoms with E-state index in [-0.39, 0.29) is 6.73 Å². The van der Waals surface area contributed by atoms with Crippen molar-refractivity contribution in [1.82, 2.24) is 14.8 Å². The van der Waals surface area contributed by atoms with Crippen molar-refractivity contribution >= 4 is 0 Å². The van der Waals surface area contributed by atoms with Crippen LogP contribution in [0.15, 0.2) is 73.1 Å². The van der Waals surface area contributed by atoms with Crippen LogP contribution < -0.4 is 9.47 Å². The Bertz CT molecular complexity index is 1320. The van der Waals surface area contributed by atoms with E-state index in [0.29, 0.717) is 71.9 Å². The Kier molecular flexibility index (Phi) is 9.15. The fraction of sp³-hybridized carbons (Fsp3) is 0.259. The summed E-state index contributed by atoms with van der Waals surface area (Å²) in [6.45, 7) is 2.24. The van der Waals surface area contributed by atoms with Gasteiger partial charge in [-0.3, -0.25) is 0 Å². The largest absolute Gasteiger partial charge is 0.619 e. The van der Waals surface area contributed by atoms with Gasteiger partial charge < -0.3 is 24.2 Å². The monoisotopic (exact) mass is 501 g/mol. The highest BCUT2D eigenvalue weighted by Crippen LogP contribution is 2.27. The molecule has 0 unspecified atom stereocenters. The van der Waals surface area contributed by atoms with E-state index in [9.17, 15) is 10.5 Å². The van der Waals surface area contributed by atoms with Crippen molar-refractivity contribution < 1.29 is 23.7 Å². The maximum atomic E-state index is 11.5. The molecule has 0 aliphatic carbocycles. The fourth-order valence-corrected chi connectivity index (χ4v) is 3.49. The quantitative estimate of drug-likeness (QED) is 0.156. The van der Waals surface area contributed by atoms with E-state index in [1.54, 1.807) is 42.1 Å². The minimum absolute atomic E-state index is 0.152. The molecule has 0 atom stereocenters. The number of rotatable bonds is 13. The maximum absolute atomic E-state index is 11.5. The second kappa shape index (κ2) is 13.1. The lowest BCUT2D eigenvalue weighted by molar-refractivity contribution is -0.605. The van der Waals surface area contributed by atoms with E-state index in [1.165, 1.54) is 12.4 Å².